The number of likely N-dealkylation sites (tertiary alicyclic amines) is 1. The average molecular weight is 542 g/mol. The van der Waals surface area contributed by atoms with Crippen LogP contribution in [0.1, 0.15) is 41.0 Å². The molecule has 3 amide bonds. The van der Waals surface area contributed by atoms with Gasteiger partial charge in [-0.25, -0.2) is 8.78 Å². The van der Waals surface area contributed by atoms with E-state index >= 15 is 4.39 Å². The molecular formula is C27H26ClF2N5O3. The lowest BCUT2D eigenvalue weighted by molar-refractivity contribution is -0.137. The molecule has 1 saturated heterocycles. The van der Waals surface area contributed by atoms with Gasteiger partial charge in [-0.05, 0) is 37.8 Å². The molecule has 11 heteroatoms. The molecule has 1 fully saturated rings. The van der Waals surface area contributed by atoms with Crippen molar-refractivity contribution < 1.29 is 23.2 Å². The third kappa shape index (κ3) is 4.88. The third-order valence-corrected chi connectivity index (χ3v) is 7.40. The van der Waals surface area contributed by atoms with E-state index < -0.39 is 35.8 Å². The second kappa shape index (κ2) is 10.5. The van der Waals surface area contributed by atoms with Crippen LogP contribution in [0.2, 0.25) is 5.02 Å². The summed E-state index contributed by atoms with van der Waals surface area (Å²) in [4.78, 5) is 39.4. The van der Waals surface area contributed by atoms with Gasteiger partial charge in [0, 0.05) is 33.8 Å². The Morgan fingerprint density at radius 2 is 1.82 bits per heavy atom. The van der Waals surface area contributed by atoms with Gasteiger partial charge in [0.05, 0.1) is 12.2 Å². The fourth-order valence-corrected chi connectivity index (χ4v) is 5.50. The first-order chi connectivity index (χ1) is 18.2. The Hall–Kier alpha value is -3.79. The fourth-order valence-electron chi connectivity index (χ4n) is 5.26. The SMILES string of the molecule is NC(=O)c1nn(CC(=O)N2C[C@H](F)C[C@H]2C(=O)Nc2cccc(-c3ccccc3Cl)c2F)c2c1CCCC2. The second-order valence-electron chi connectivity index (χ2n) is 9.53. The van der Waals surface area contributed by atoms with Crippen molar-refractivity contribution in [3.63, 3.8) is 0 Å². The van der Waals surface area contributed by atoms with Gasteiger partial charge < -0.3 is 16.0 Å². The Bertz CT molecular complexity index is 1430. The predicted octanol–water partition coefficient (Wildman–Crippen LogP) is 3.90. The number of rotatable bonds is 6. The number of hydrogen-bond acceptors (Lipinski definition) is 4. The Kier molecular flexibility index (Phi) is 7.16. The van der Waals surface area contributed by atoms with Gasteiger partial charge in [0.1, 0.15) is 18.8 Å². The minimum Gasteiger partial charge on any atom is -0.364 e. The normalized spacial score (nSPS) is 18.8. The zero-order chi connectivity index (χ0) is 27.0. The van der Waals surface area contributed by atoms with Gasteiger partial charge in [0.2, 0.25) is 11.8 Å². The number of hydrogen-bond donors (Lipinski definition) is 2. The van der Waals surface area contributed by atoms with Crippen LogP contribution in [0.3, 0.4) is 0 Å². The number of benzene rings is 2. The van der Waals surface area contributed by atoms with E-state index in [0.717, 1.165) is 29.0 Å². The van der Waals surface area contributed by atoms with Crippen molar-refractivity contribution in [3.8, 4) is 11.1 Å². The van der Waals surface area contributed by atoms with Crippen LogP contribution < -0.4 is 11.1 Å². The minimum absolute atomic E-state index is 0.102. The average Bonchev–Trinajstić information content (AvgIpc) is 3.47. The maximum Gasteiger partial charge on any atom is 0.269 e. The van der Waals surface area contributed by atoms with Gasteiger partial charge in [-0.3, -0.25) is 19.1 Å². The van der Waals surface area contributed by atoms with Crippen LogP contribution in [0, 0.1) is 5.82 Å². The van der Waals surface area contributed by atoms with Crippen molar-refractivity contribution in [1.82, 2.24) is 14.7 Å². The highest BCUT2D eigenvalue weighted by Crippen LogP contribution is 2.33. The van der Waals surface area contributed by atoms with Crippen LogP contribution in [-0.4, -0.2) is 51.2 Å². The molecule has 0 saturated carbocycles. The number of anilines is 1. The van der Waals surface area contributed by atoms with E-state index in [2.05, 4.69) is 10.4 Å². The Morgan fingerprint density at radius 1 is 1.08 bits per heavy atom. The van der Waals surface area contributed by atoms with Crippen LogP contribution in [0.25, 0.3) is 11.1 Å². The maximum absolute atomic E-state index is 15.4. The molecule has 2 heterocycles. The number of nitrogens with two attached hydrogens (primary N) is 1. The minimum atomic E-state index is -1.42. The van der Waals surface area contributed by atoms with E-state index in [4.69, 9.17) is 17.3 Å². The van der Waals surface area contributed by atoms with E-state index in [0.29, 0.717) is 23.4 Å². The van der Waals surface area contributed by atoms with Crippen molar-refractivity contribution >= 4 is 35.0 Å². The van der Waals surface area contributed by atoms with Crippen molar-refractivity contribution in [3.05, 3.63) is 70.3 Å². The van der Waals surface area contributed by atoms with Crippen molar-refractivity contribution in [2.45, 2.75) is 50.9 Å². The van der Waals surface area contributed by atoms with Crippen molar-refractivity contribution in [2.24, 2.45) is 5.73 Å². The van der Waals surface area contributed by atoms with Crippen LogP contribution >= 0.6 is 11.6 Å². The fraction of sp³-hybridized carbons (Fsp3) is 0.333. The summed E-state index contributed by atoms with van der Waals surface area (Å²) in [7, 11) is 0. The number of nitrogens with one attached hydrogen (secondary N) is 1. The zero-order valence-electron chi connectivity index (χ0n) is 20.4. The molecule has 3 aromatic rings. The molecule has 2 aromatic carbocycles. The summed E-state index contributed by atoms with van der Waals surface area (Å²) >= 11 is 6.22. The number of aromatic nitrogens is 2. The second-order valence-corrected chi connectivity index (χ2v) is 9.94. The van der Waals surface area contributed by atoms with Crippen molar-refractivity contribution in [1.29, 1.82) is 0 Å². The molecule has 0 unspecified atom stereocenters. The first-order valence-electron chi connectivity index (χ1n) is 12.4. The topological polar surface area (TPSA) is 110 Å². The summed E-state index contributed by atoms with van der Waals surface area (Å²) in [5.41, 5.74) is 7.67. The molecule has 8 nitrogen and oxygen atoms in total. The van der Waals surface area contributed by atoms with Gasteiger partial charge in [0.15, 0.2) is 11.5 Å². The number of amides is 3. The van der Waals surface area contributed by atoms with Crippen LogP contribution in [0.4, 0.5) is 14.5 Å². The van der Waals surface area contributed by atoms with E-state index in [9.17, 15) is 18.8 Å². The molecule has 3 N–H and O–H groups in total. The molecule has 0 radical (unpaired) electrons. The lowest BCUT2D eigenvalue weighted by Crippen LogP contribution is -2.44. The van der Waals surface area contributed by atoms with Gasteiger partial charge >= 0.3 is 0 Å². The molecule has 1 aromatic heterocycles. The smallest absolute Gasteiger partial charge is 0.269 e. The highest BCUT2D eigenvalue weighted by Gasteiger charge is 2.40. The zero-order valence-corrected chi connectivity index (χ0v) is 21.2. The number of primary amides is 1. The van der Waals surface area contributed by atoms with Gasteiger partial charge in [-0.15, -0.1) is 0 Å². The van der Waals surface area contributed by atoms with Crippen molar-refractivity contribution in [2.75, 3.05) is 11.9 Å². The summed E-state index contributed by atoms with van der Waals surface area (Å²) in [6.45, 7) is -0.534. The first kappa shape index (κ1) is 25.8. The lowest BCUT2D eigenvalue weighted by Gasteiger charge is -2.24. The number of fused-ring (bicyclic) bond motifs is 1. The number of carbonyl (C=O) groups is 3. The summed E-state index contributed by atoms with van der Waals surface area (Å²) < 4.78 is 31.3. The first-order valence-corrected chi connectivity index (χ1v) is 12.8. The number of carbonyl (C=O) groups excluding carboxylic acids is 3. The maximum atomic E-state index is 15.4. The highest BCUT2D eigenvalue weighted by atomic mass is 35.5. The van der Waals surface area contributed by atoms with E-state index in [-0.39, 0.29) is 36.5 Å². The summed E-state index contributed by atoms with van der Waals surface area (Å²) in [5.74, 6) is -2.59. The lowest BCUT2D eigenvalue weighted by atomic mass is 9.95. The Morgan fingerprint density at radius 3 is 2.58 bits per heavy atom. The summed E-state index contributed by atoms with van der Waals surface area (Å²) in [5, 5.41) is 7.13. The molecule has 2 aliphatic rings. The predicted molar refractivity (Wildman–Crippen MR) is 138 cm³/mol. The molecule has 5 rings (SSSR count). The molecule has 1 aliphatic carbocycles. The standard InChI is InChI=1S/C27H26ClF2N5O3/c28-19-9-3-1-6-16(19)17-8-5-10-20(24(17)30)32-27(38)22-12-15(29)13-34(22)23(36)14-35-21-11-4-2-7-18(21)25(33-35)26(31)37/h1,3,5-6,8-10,15,22H,2,4,7,11-14H2,(H2,31,37)(H,32,38)/t15-,22+/m1/s1. The molecule has 198 valence electrons. The molecule has 0 bridgehead atoms. The van der Waals surface area contributed by atoms with Gasteiger partial charge in [-0.2, -0.15) is 5.10 Å². The third-order valence-electron chi connectivity index (χ3n) is 7.07. The largest absolute Gasteiger partial charge is 0.364 e. The van der Waals surface area contributed by atoms with Gasteiger partial charge in [0.25, 0.3) is 5.91 Å². The molecule has 38 heavy (non-hydrogen) atoms. The highest BCUT2D eigenvalue weighted by molar-refractivity contribution is 6.33. The van der Waals surface area contributed by atoms with E-state index in [1.807, 2.05) is 0 Å². The number of nitrogens with zero attached hydrogens (tertiary/aromatic N) is 3. The Balaban J connectivity index is 1.36. The number of alkyl halides is 1. The molecule has 0 spiro atoms. The van der Waals surface area contributed by atoms with Crippen LogP contribution in [-0.2, 0) is 29.0 Å². The Labute approximate surface area is 222 Å². The molecule has 1 aliphatic heterocycles. The van der Waals surface area contributed by atoms with Crippen LogP contribution in [0.15, 0.2) is 42.5 Å². The van der Waals surface area contributed by atoms with E-state index in [1.54, 1.807) is 36.4 Å². The molecular weight excluding hydrogens is 516 g/mol. The monoisotopic (exact) mass is 541 g/mol. The van der Waals surface area contributed by atoms with E-state index in [1.165, 1.54) is 10.7 Å². The number of halogens is 3. The summed E-state index contributed by atoms with van der Waals surface area (Å²) in [6, 6.07) is 10.1. The quantitative estimate of drug-likeness (QED) is 0.493. The molecule has 2 atom stereocenters. The van der Waals surface area contributed by atoms with Crippen LogP contribution in [0.5, 0.6) is 0 Å². The van der Waals surface area contributed by atoms with Gasteiger partial charge in [-0.1, -0.05) is 41.9 Å². The summed E-state index contributed by atoms with van der Waals surface area (Å²) in [6.07, 6.45) is 1.42.